The highest BCUT2D eigenvalue weighted by Gasteiger charge is 2.26. The van der Waals surface area contributed by atoms with E-state index in [2.05, 4.69) is 15.3 Å². The first-order valence-electron chi connectivity index (χ1n) is 4.80. The summed E-state index contributed by atoms with van der Waals surface area (Å²) >= 11 is 0. The fourth-order valence-corrected chi connectivity index (χ4v) is 1.60. The molecule has 6 heteroatoms. The average molecular weight is 207 g/mol. The van der Waals surface area contributed by atoms with Crippen molar-refractivity contribution in [3.8, 4) is 0 Å². The van der Waals surface area contributed by atoms with Gasteiger partial charge in [-0.05, 0) is 6.92 Å². The minimum atomic E-state index is -0.227. The van der Waals surface area contributed by atoms with E-state index in [-0.39, 0.29) is 11.9 Å². The van der Waals surface area contributed by atoms with Crippen LogP contribution in [-0.4, -0.2) is 35.0 Å². The molecule has 1 unspecified atom stereocenters. The van der Waals surface area contributed by atoms with Crippen molar-refractivity contribution in [1.29, 1.82) is 0 Å². The zero-order valence-electron chi connectivity index (χ0n) is 8.47. The lowest BCUT2D eigenvalue weighted by Gasteiger charge is -2.33. The predicted molar refractivity (Wildman–Crippen MR) is 56.3 cm³/mol. The first kappa shape index (κ1) is 9.70. The highest BCUT2D eigenvalue weighted by atomic mass is 16.2. The average Bonchev–Trinajstić information content (AvgIpc) is 2.22. The normalized spacial score (nSPS) is 21.3. The first-order valence-corrected chi connectivity index (χ1v) is 4.80. The molecule has 1 saturated heterocycles. The molecular formula is C9H13N5O. The van der Waals surface area contributed by atoms with Crippen LogP contribution in [0.5, 0.6) is 0 Å². The first-order chi connectivity index (χ1) is 7.18. The third-order valence-corrected chi connectivity index (χ3v) is 2.43. The van der Waals surface area contributed by atoms with Crippen molar-refractivity contribution in [2.45, 2.75) is 13.0 Å². The van der Waals surface area contributed by atoms with Crippen LogP contribution >= 0.6 is 0 Å². The van der Waals surface area contributed by atoms with E-state index < -0.39 is 0 Å². The van der Waals surface area contributed by atoms with Crippen LogP contribution in [0.25, 0.3) is 0 Å². The Balaban J connectivity index is 2.26. The minimum Gasteiger partial charge on any atom is -0.382 e. The quantitative estimate of drug-likeness (QED) is 0.641. The topological polar surface area (TPSA) is 84.1 Å². The van der Waals surface area contributed by atoms with Crippen LogP contribution in [0, 0.1) is 0 Å². The van der Waals surface area contributed by atoms with Gasteiger partial charge in [-0.1, -0.05) is 0 Å². The van der Waals surface area contributed by atoms with E-state index in [0.717, 1.165) is 6.54 Å². The summed E-state index contributed by atoms with van der Waals surface area (Å²) in [7, 11) is 0. The zero-order valence-corrected chi connectivity index (χ0v) is 8.47. The third kappa shape index (κ3) is 1.83. The standard InChI is InChI=1S/C9H13N5O/c1-6-9(15)12-2-3-14(6)8-5-11-4-7(10)13-8/h4-6H,2-3H2,1H3,(H2,10,13)(H,12,15). The molecule has 2 rings (SSSR count). The van der Waals surface area contributed by atoms with Crippen molar-refractivity contribution in [1.82, 2.24) is 15.3 Å². The largest absolute Gasteiger partial charge is 0.382 e. The Morgan fingerprint density at radius 2 is 2.40 bits per heavy atom. The number of carbonyl (C=O) groups is 1. The van der Waals surface area contributed by atoms with E-state index in [0.29, 0.717) is 18.2 Å². The summed E-state index contributed by atoms with van der Waals surface area (Å²) < 4.78 is 0. The Hall–Kier alpha value is -1.85. The number of aromatic nitrogens is 2. The summed E-state index contributed by atoms with van der Waals surface area (Å²) in [5, 5.41) is 2.79. The molecule has 6 nitrogen and oxygen atoms in total. The number of nitrogens with zero attached hydrogens (tertiary/aromatic N) is 3. The fraction of sp³-hybridized carbons (Fsp3) is 0.444. The number of nitrogen functional groups attached to an aromatic ring is 1. The second kappa shape index (κ2) is 3.72. The van der Waals surface area contributed by atoms with Crippen LogP contribution in [-0.2, 0) is 4.79 Å². The molecule has 1 amide bonds. The zero-order chi connectivity index (χ0) is 10.8. The monoisotopic (exact) mass is 207 g/mol. The second-order valence-corrected chi connectivity index (χ2v) is 3.46. The van der Waals surface area contributed by atoms with E-state index >= 15 is 0 Å². The van der Waals surface area contributed by atoms with Gasteiger partial charge in [0.2, 0.25) is 5.91 Å². The van der Waals surface area contributed by atoms with Gasteiger partial charge in [-0.15, -0.1) is 0 Å². The Bertz CT molecular complexity index is 381. The highest BCUT2D eigenvalue weighted by Crippen LogP contribution is 2.15. The van der Waals surface area contributed by atoms with E-state index in [1.54, 1.807) is 6.20 Å². The molecule has 0 spiro atoms. The molecule has 1 aromatic rings. The van der Waals surface area contributed by atoms with Crippen LogP contribution in [0.15, 0.2) is 12.4 Å². The number of anilines is 2. The van der Waals surface area contributed by atoms with Crippen molar-refractivity contribution in [3.05, 3.63) is 12.4 Å². The number of carbonyl (C=O) groups excluding carboxylic acids is 1. The van der Waals surface area contributed by atoms with Crippen LogP contribution in [0.2, 0.25) is 0 Å². The van der Waals surface area contributed by atoms with Crippen LogP contribution in [0.4, 0.5) is 11.6 Å². The van der Waals surface area contributed by atoms with Gasteiger partial charge in [0.05, 0.1) is 12.4 Å². The molecular weight excluding hydrogens is 194 g/mol. The highest BCUT2D eigenvalue weighted by molar-refractivity contribution is 5.85. The van der Waals surface area contributed by atoms with Crippen molar-refractivity contribution < 1.29 is 4.79 Å². The molecule has 1 aromatic heterocycles. The number of piperazine rings is 1. The van der Waals surface area contributed by atoms with Crippen LogP contribution in [0.1, 0.15) is 6.92 Å². The summed E-state index contributed by atoms with van der Waals surface area (Å²) in [6.07, 6.45) is 3.10. The molecule has 80 valence electrons. The van der Waals surface area contributed by atoms with Crippen LogP contribution < -0.4 is 16.0 Å². The van der Waals surface area contributed by atoms with E-state index in [4.69, 9.17) is 5.73 Å². The Morgan fingerprint density at radius 3 is 3.13 bits per heavy atom. The van der Waals surface area contributed by atoms with Gasteiger partial charge in [-0.2, -0.15) is 0 Å². The third-order valence-electron chi connectivity index (χ3n) is 2.43. The Morgan fingerprint density at radius 1 is 1.60 bits per heavy atom. The summed E-state index contributed by atoms with van der Waals surface area (Å²) in [6.45, 7) is 3.18. The van der Waals surface area contributed by atoms with Crippen molar-refractivity contribution in [3.63, 3.8) is 0 Å². The maximum Gasteiger partial charge on any atom is 0.242 e. The Kier molecular flexibility index (Phi) is 2.40. The van der Waals surface area contributed by atoms with Gasteiger partial charge in [0.1, 0.15) is 17.7 Å². The lowest BCUT2D eigenvalue weighted by molar-refractivity contribution is -0.122. The minimum absolute atomic E-state index is 0.00507. The van der Waals surface area contributed by atoms with Gasteiger partial charge in [0, 0.05) is 13.1 Å². The summed E-state index contributed by atoms with van der Waals surface area (Å²) in [4.78, 5) is 21.4. The summed E-state index contributed by atoms with van der Waals surface area (Å²) in [6, 6.07) is -0.227. The van der Waals surface area contributed by atoms with E-state index in [9.17, 15) is 4.79 Å². The lowest BCUT2D eigenvalue weighted by Crippen LogP contribution is -2.54. The molecule has 1 aliphatic rings. The van der Waals surface area contributed by atoms with Crippen molar-refractivity contribution >= 4 is 17.5 Å². The SMILES string of the molecule is CC1C(=O)NCCN1c1cncc(N)n1. The van der Waals surface area contributed by atoms with Gasteiger partial charge in [0.25, 0.3) is 0 Å². The van der Waals surface area contributed by atoms with Gasteiger partial charge < -0.3 is 16.0 Å². The number of nitrogens with two attached hydrogens (primary N) is 1. The smallest absolute Gasteiger partial charge is 0.242 e. The molecule has 3 N–H and O–H groups in total. The molecule has 0 aliphatic carbocycles. The molecule has 0 radical (unpaired) electrons. The van der Waals surface area contributed by atoms with Crippen molar-refractivity contribution in [2.24, 2.45) is 0 Å². The molecule has 0 saturated carbocycles. The number of hydrogen-bond donors (Lipinski definition) is 2. The summed E-state index contributed by atoms with van der Waals surface area (Å²) in [5.74, 6) is 1.02. The number of hydrogen-bond acceptors (Lipinski definition) is 5. The van der Waals surface area contributed by atoms with Gasteiger partial charge >= 0.3 is 0 Å². The molecule has 0 aromatic carbocycles. The van der Waals surface area contributed by atoms with E-state index in [1.165, 1.54) is 6.20 Å². The van der Waals surface area contributed by atoms with E-state index in [1.807, 2.05) is 11.8 Å². The molecule has 2 heterocycles. The van der Waals surface area contributed by atoms with Gasteiger partial charge in [0.15, 0.2) is 0 Å². The Labute approximate surface area is 87.5 Å². The van der Waals surface area contributed by atoms with Crippen LogP contribution in [0.3, 0.4) is 0 Å². The lowest BCUT2D eigenvalue weighted by atomic mass is 10.2. The maximum absolute atomic E-state index is 11.4. The van der Waals surface area contributed by atoms with Gasteiger partial charge in [-0.3, -0.25) is 9.78 Å². The number of amides is 1. The molecule has 1 aliphatic heterocycles. The molecule has 0 bridgehead atoms. The predicted octanol–water partition coefficient (Wildman–Crippen LogP) is -0.617. The van der Waals surface area contributed by atoms with Crippen molar-refractivity contribution in [2.75, 3.05) is 23.7 Å². The number of nitrogens with one attached hydrogen (secondary N) is 1. The molecule has 1 atom stereocenters. The molecule has 15 heavy (non-hydrogen) atoms. The second-order valence-electron chi connectivity index (χ2n) is 3.46. The summed E-state index contributed by atoms with van der Waals surface area (Å²) in [5.41, 5.74) is 5.54. The fourth-order valence-electron chi connectivity index (χ4n) is 1.60. The molecule has 1 fully saturated rings. The maximum atomic E-state index is 11.4. The number of rotatable bonds is 1. The van der Waals surface area contributed by atoms with Gasteiger partial charge in [-0.25, -0.2) is 4.98 Å².